The molecule has 0 atom stereocenters. The number of para-hydroxylation sites is 2. The summed E-state index contributed by atoms with van der Waals surface area (Å²) in [5.74, 6) is 2.09. The molecular formula is C23H28N4O2. The van der Waals surface area contributed by atoms with Gasteiger partial charge in [0.1, 0.15) is 5.75 Å². The Bertz CT molecular complexity index is 976. The van der Waals surface area contributed by atoms with Crippen LogP contribution in [0.5, 0.6) is 5.75 Å². The topological polar surface area (TPSA) is 68.2 Å². The molecule has 6 nitrogen and oxygen atoms in total. The second-order valence-electron chi connectivity index (χ2n) is 7.64. The quantitative estimate of drug-likeness (QED) is 0.642. The first kappa shape index (κ1) is 19.5. The molecule has 1 aliphatic rings. The number of nitrogens with one attached hydrogen (secondary N) is 2. The highest BCUT2D eigenvalue weighted by atomic mass is 16.5. The van der Waals surface area contributed by atoms with Gasteiger partial charge in [0.2, 0.25) is 11.9 Å². The number of nitrogens with zero attached hydrogens (tertiary/aromatic N) is 2. The fourth-order valence-corrected chi connectivity index (χ4v) is 3.98. The van der Waals surface area contributed by atoms with E-state index in [-0.39, 0.29) is 5.91 Å². The summed E-state index contributed by atoms with van der Waals surface area (Å²) in [5, 5.41) is 6.43. The van der Waals surface area contributed by atoms with Gasteiger partial charge in [-0.1, -0.05) is 24.3 Å². The van der Waals surface area contributed by atoms with Gasteiger partial charge in [0.25, 0.3) is 0 Å². The molecule has 0 aliphatic carbocycles. The number of imidazole rings is 1. The van der Waals surface area contributed by atoms with Crippen molar-refractivity contribution < 1.29 is 9.53 Å². The lowest BCUT2D eigenvalue weighted by Crippen LogP contribution is -2.28. The Morgan fingerprint density at radius 3 is 2.86 bits per heavy atom. The normalized spacial score (nSPS) is 14.8. The summed E-state index contributed by atoms with van der Waals surface area (Å²) in [4.78, 5) is 17.3. The maximum atomic E-state index is 12.6. The Kier molecular flexibility index (Phi) is 6.10. The molecule has 0 saturated carbocycles. The molecule has 1 fully saturated rings. The number of piperidine rings is 1. The van der Waals surface area contributed by atoms with E-state index in [0.717, 1.165) is 54.7 Å². The molecule has 152 valence electrons. The Morgan fingerprint density at radius 2 is 2.03 bits per heavy atom. The summed E-state index contributed by atoms with van der Waals surface area (Å²) in [6, 6.07) is 15.9. The molecule has 0 bridgehead atoms. The van der Waals surface area contributed by atoms with Gasteiger partial charge in [-0.25, -0.2) is 4.98 Å². The highest BCUT2D eigenvalue weighted by Gasteiger charge is 2.17. The number of aromatic nitrogens is 2. The first-order valence-electron chi connectivity index (χ1n) is 10.3. The predicted octanol–water partition coefficient (Wildman–Crippen LogP) is 3.81. The minimum absolute atomic E-state index is 0.0331. The first-order chi connectivity index (χ1) is 14.2. The van der Waals surface area contributed by atoms with Gasteiger partial charge in [0, 0.05) is 6.42 Å². The van der Waals surface area contributed by atoms with E-state index in [4.69, 9.17) is 4.74 Å². The number of rotatable bonds is 7. The van der Waals surface area contributed by atoms with E-state index >= 15 is 0 Å². The third-order valence-corrected chi connectivity index (χ3v) is 5.62. The van der Waals surface area contributed by atoms with Crippen molar-refractivity contribution in [3.63, 3.8) is 0 Å². The lowest BCUT2D eigenvalue weighted by atomic mass is 9.93. The molecular weight excluding hydrogens is 364 g/mol. The van der Waals surface area contributed by atoms with Gasteiger partial charge in [0.15, 0.2) is 0 Å². The standard InChI is InChI=1S/C23H28N4O2/c1-29-19-6-4-5-18(15-19)16-27-21-8-3-2-7-20(21)25-23(27)26-22(28)10-9-17-11-13-24-14-12-17/h2-8,15,17,24H,9-14,16H2,1H3,(H,25,26,28). The van der Waals surface area contributed by atoms with Crippen LogP contribution in [0.25, 0.3) is 11.0 Å². The number of hydrogen-bond acceptors (Lipinski definition) is 4. The van der Waals surface area contributed by atoms with Crippen LogP contribution >= 0.6 is 0 Å². The fourth-order valence-electron chi connectivity index (χ4n) is 3.98. The molecule has 1 saturated heterocycles. The van der Waals surface area contributed by atoms with Crippen molar-refractivity contribution in [2.45, 2.75) is 32.2 Å². The molecule has 1 aromatic heterocycles. The van der Waals surface area contributed by atoms with E-state index < -0.39 is 0 Å². The van der Waals surface area contributed by atoms with Gasteiger partial charge >= 0.3 is 0 Å². The molecule has 3 aromatic rings. The number of ether oxygens (including phenoxy) is 1. The van der Waals surface area contributed by atoms with Crippen LogP contribution in [-0.2, 0) is 11.3 Å². The summed E-state index contributed by atoms with van der Waals surface area (Å²) < 4.78 is 7.41. The van der Waals surface area contributed by atoms with Crippen LogP contribution in [0.15, 0.2) is 48.5 Å². The van der Waals surface area contributed by atoms with Gasteiger partial charge in [-0.15, -0.1) is 0 Å². The Balaban J connectivity index is 1.52. The van der Waals surface area contributed by atoms with E-state index in [1.165, 1.54) is 0 Å². The van der Waals surface area contributed by atoms with E-state index in [1.54, 1.807) is 7.11 Å². The van der Waals surface area contributed by atoms with E-state index in [0.29, 0.717) is 24.8 Å². The van der Waals surface area contributed by atoms with Gasteiger partial charge < -0.3 is 14.6 Å². The fraction of sp³-hybridized carbons (Fsp3) is 0.391. The average molecular weight is 393 g/mol. The third kappa shape index (κ3) is 4.77. The van der Waals surface area contributed by atoms with Crippen molar-refractivity contribution in [1.82, 2.24) is 14.9 Å². The summed E-state index contributed by atoms with van der Waals surface area (Å²) in [6.45, 7) is 2.73. The minimum atomic E-state index is 0.0331. The van der Waals surface area contributed by atoms with Crippen LogP contribution in [0, 0.1) is 5.92 Å². The number of benzene rings is 2. The zero-order valence-corrected chi connectivity index (χ0v) is 16.9. The molecule has 0 radical (unpaired) electrons. The second kappa shape index (κ2) is 9.09. The molecule has 2 heterocycles. The van der Waals surface area contributed by atoms with Crippen molar-refractivity contribution in [3.8, 4) is 5.75 Å². The SMILES string of the molecule is COc1cccc(Cn2c(NC(=O)CCC3CCNCC3)nc3ccccc32)c1. The number of anilines is 1. The Labute approximate surface area is 171 Å². The van der Waals surface area contributed by atoms with E-state index in [1.807, 2.05) is 42.5 Å². The molecule has 4 rings (SSSR count). The van der Waals surface area contributed by atoms with Crippen molar-refractivity contribution in [2.24, 2.45) is 5.92 Å². The van der Waals surface area contributed by atoms with Crippen LogP contribution in [0.4, 0.5) is 5.95 Å². The zero-order valence-electron chi connectivity index (χ0n) is 16.9. The lowest BCUT2D eigenvalue weighted by Gasteiger charge is -2.22. The van der Waals surface area contributed by atoms with Crippen LogP contribution in [-0.4, -0.2) is 35.7 Å². The molecule has 29 heavy (non-hydrogen) atoms. The molecule has 2 aromatic carbocycles. The van der Waals surface area contributed by atoms with Gasteiger partial charge in [-0.3, -0.25) is 10.1 Å². The van der Waals surface area contributed by atoms with Crippen LogP contribution in [0.3, 0.4) is 0 Å². The number of hydrogen-bond donors (Lipinski definition) is 2. The third-order valence-electron chi connectivity index (χ3n) is 5.62. The molecule has 1 amide bonds. The number of amides is 1. The first-order valence-corrected chi connectivity index (χ1v) is 10.3. The van der Waals surface area contributed by atoms with Crippen molar-refractivity contribution in [1.29, 1.82) is 0 Å². The molecule has 1 aliphatic heterocycles. The molecule has 6 heteroatoms. The Morgan fingerprint density at radius 1 is 1.21 bits per heavy atom. The van der Waals surface area contributed by atoms with Crippen LogP contribution in [0.2, 0.25) is 0 Å². The molecule has 2 N–H and O–H groups in total. The Hall–Kier alpha value is -2.86. The molecule has 0 unspecified atom stereocenters. The van der Waals surface area contributed by atoms with Crippen molar-refractivity contribution in [2.75, 3.05) is 25.5 Å². The number of carbonyl (C=O) groups is 1. The smallest absolute Gasteiger partial charge is 0.226 e. The second-order valence-corrected chi connectivity index (χ2v) is 7.64. The highest BCUT2D eigenvalue weighted by molar-refractivity contribution is 5.91. The van der Waals surface area contributed by atoms with Gasteiger partial charge in [0.05, 0.1) is 24.7 Å². The van der Waals surface area contributed by atoms with Crippen LogP contribution in [0.1, 0.15) is 31.2 Å². The number of carbonyl (C=O) groups excluding carboxylic acids is 1. The van der Waals surface area contributed by atoms with Crippen molar-refractivity contribution in [3.05, 3.63) is 54.1 Å². The lowest BCUT2D eigenvalue weighted by molar-refractivity contribution is -0.116. The number of methoxy groups -OCH3 is 1. The largest absolute Gasteiger partial charge is 0.497 e. The monoisotopic (exact) mass is 392 g/mol. The van der Waals surface area contributed by atoms with Gasteiger partial charge in [-0.2, -0.15) is 0 Å². The average Bonchev–Trinajstić information content (AvgIpc) is 3.10. The van der Waals surface area contributed by atoms with E-state index in [9.17, 15) is 4.79 Å². The highest BCUT2D eigenvalue weighted by Crippen LogP contribution is 2.23. The van der Waals surface area contributed by atoms with Crippen molar-refractivity contribution >= 4 is 22.9 Å². The minimum Gasteiger partial charge on any atom is -0.497 e. The maximum absolute atomic E-state index is 12.6. The summed E-state index contributed by atoms with van der Waals surface area (Å²) in [6.07, 6.45) is 3.78. The summed E-state index contributed by atoms with van der Waals surface area (Å²) >= 11 is 0. The zero-order chi connectivity index (χ0) is 20.1. The number of fused-ring (bicyclic) bond motifs is 1. The predicted molar refractivity (Wildman–Crippen MR) is 115 cm³/mol. The van der Waals surface area contributed by atoms with Crippen LogP contribution < -0.4 is 15.4 Å². The summed E-state index contributed by atoms with van der Waals surface area (Å²) in [7, 11) is 1.67. The van der Waals surface area contributed by atoms with Gasteiger partial charge in [-0.05, 0) is 68.1 Å². The molecule has 0 spiro atoms. The van der Waals surface area contributed by atoms with E-state index in [2.05, 4.69) is 26.3 Å². The maximum Gasteiger partial charge on any atom is 0.226 e. The summed E-state index contributed by atoms with van der Waals surface area (Å²) in [5.41, 5.74) is 2.98.